The first-order chi connectivity index (χ1) is 6.52. The van der Waals surface area contributed by atoms with E-state index in [1.807, 2.05) is 19.1 Å². The molecule has 1 aromatic carbocycles. The molecule has 1 aromatic rings. The quantitative estimate of drug-likeness (QED) is 0.555. The second-order valence-electron chi connectivity index (χ2n) is 3.19. The summed E-state index contributed by atoms with van der Waals surface area (Å²) in [5, 5.41) is 8.70. The Morgan fingerprint density at radius 2 is 2.14 bits per heavy atom. The zero-order valence-electron chi connectivity index (χ0n) is 8.24. The minimum absolute atomic E-state index is 0.304. The molecule has 0 aromatic heterocycles. The number of benzene rings is 1. The predicted molar refractivity (Wildman–Crippen MR) is 56.9 cm³/mol. The summed E-state index contributed by atoms with van der Waals surface area (Å²) >= 11 is 0. The fraction of sp³-hybridized carbons (Fsp3) is 0.182. The van der Waals surface area contributed by atoms with Crippen molar-refractivity contribution in [3.63, 3.8) is 0 Å². The molecule has 0 aliphatic heterocycles. The van der Waals surface area contributed by atoms with Gasteiger partial charge in [-0.3, -0.25) is 0 Å². The van der Waals surface area contributed by atoms with Crippen LogP contribution < -0.4 is 5.73 Å². The normalized spacial score (nSPS) is 11.4. The van der Waals surface area contributed by atoms with Gasteiger partial charge < -0.3 is 10.8 Å². The first kappa shape index (κ1) is 10.3. The van der Waals surface area contributed by atoms with E-state index in [-0.39, 0.29) is 0 Å². The summed E-state index contributed by atoms with van der Waals surface area (Å²) in [5.74, 6) is -0.910. The molecule has 74 valence electrons. The highest BCUT2D eigenvalue weighted by Gasteiger charge is 2.02. The number of aliphatic carboxylic acids is 1. The van der Waals surface area contributed by atoms with Gasteiger partial charge in [0.2, 0.25) is 0 Å². The van der Waals surface area contributed by atoms with Gasteiger partial charge in [0.1, 0.15) is 0 Å². The molecule has 3 N–H and O–H groups in total. The predicted octanol–water partition coefficient (Wildman–Crippen LogP) is 2.07. The van der Waals surface area contributed by atoms with Crippen LogP contribution in [0, 0.1) is 6.92 Å². The second kappa shape index (κ2) is 3.96. The number of hydrogen-bond acceptors (Lipinski definition) is 2. The van der Waals surface area contributed by atoms with Gasteiger partial charge in [-0.2, -0.15) is 0 Å². The van der Waals surface area contributed by atoms with Crippen molar-refractivity contribution in [3.05, 3.63) is 34.9 Å². The lowest BCUT2D eigenvalue weighted by Gasteiger charge is -2.04. The van der Waals surface area contributed by atoms with E-state index in [2.05, 4.69) is 0 Å². The lowest BCUT2D eigenvalue weighted by Crippen LogP contribution is -1.97. The van der Waals surface area contributed by atoms with Crippen LogP contribution in [0.3, 0.4) is 0 Å². The van der Waals surface area contributed by atoms with Crippen LogP contribution in [-0.4, -0.2) is 11.1 Å². The largest absolute Gasteiger partial charge is 0.478 e. The fourth-order valence-corrected chi connectivity index (χ4v) is 1.12. The van der Waals surface area contributed by atoms with Gasteiger partial charge in [-0.15, -0.1) is 0 Å². The highest BCUT2D eigenvalue weighted by atomic mass is 16.4. The number of carboxylic acid groups (broad SMARTS) is 1. The minimum Gasteiger partial charge on any atom is -0.478 e. The molecule has 0 atom stereocenters. The topological polar surface area (TPSA) is 63.3 Å². The number of nitrogens with two attached hydrogens (primary N) is 1. The maximum absolute atomic E-state index is 10.6. The van der Waals surface area contributed by atoms with E-state index in [4.69, 9.17) is 10.8 Å². The Morgan fingerprint density at radius 1 is 1.50 bits per heavy atom. The third-order valence-corrected chi connectivity index (χ3v) is 2.13. The van der Waals surface area contributed by atoms with Gasteiger partial charge in [0.05, 0.1) is 0 Å². The molecular formula is C11H13NO2. The summed E-state index contributed by atoms with van der Waals surface area (Å²) in [6.07, 6.45) is 1.62. The Bertz CT molecular complexity index is 394. The SMILES string of the molecule is C/C(=C\c1cccc(N)c1C)C(=O)O. The molecule has 0 aliphatic carbocycles. The summed E-state index contributed by atoms with van der Waals surface area (Å²) in [7, 11) is 0. The zero-order valence-corrected chi connectivity index (χ0v) is 8.24. The van der Waals surface area contributed by atoms with Crippen LogP contribution in [0.25, 0.3) is 6.08 Å². The van der Waals surface area contributed by atoms with Crippen LogP contribution in [0.1, 0.15) is 18.1 Å². The average molecular weight is 191 g/mol. The molecule has 3 heteroatoms. The average Bonchev–Trinajstić information content (AvgIpc) is 2.12. The second-order valence-corrected chi connectivity index (χ2v) is 3.19. The summed E-state index contributed by atoms with van der Waals surface area (Å²) in [6.45, 7) is 3.43. The lowest BCUT2D eigenvalue weighted by molar-refractivity contribution is -0.132. The van der Waals surface area contributed by atoms with Crippen LogP contribution >= 0.6 is 0 Å². The van der Waals surface area contributed by atoms with E-state index in [0.717, 1.165) is 11.1 Å². The number of hydrogen-bond donors (Lipinski definition) is 2. The molecule has 0 fully saturated rings. The number of rotatable bonds is 2. The van der Waals surface area contributed by atoms with Crippen LogP contribution in [0.5, 0.6) is 0 Å². The van der Waals surface area contributed by atoms with Crippen molar-refractivity contribution < 1.29 is 9.90 Å². The Labute approximate surface area is 82.9 Å². The van der Waals surface area contributed by atoms with E-state index in [9.17, 15) is 4.79 Å². The van der Waals surface area contributed by atoms with Gasteiger partial charge in [0.25, 0.3) is 0 Å². The van der Waals surface area contributed by atoms with Crippen LogP contribution in [-0.2, 0) is 4.79 Å². The van der Waals surface area contributed by atoms with E-state index >= 15 is 0 Å². The number of carbonyl (C=O) groups is 1. The van der Waals surface area contributed by atoms with Gasteiger partial charge in [-0.05, 0) is 37.1 Å². The molecule has 0 saturated carbocycles. The van der Waals surface area contributed by atoms with Crippen molar-refractivity contribution in [2.45, 2.75) is 13.8 Å². The summed E-state index contributed by atoms with van der Waals surface area (Å²) in [5.41, 5.74) is 8.44. The number of nitrogen functional groups attached to an aromatic ring is 1. The van der Waals surface area contributed by atoms with Crippen molar-refractivity contribution in [1.29, 1.82) is 0 Å². The lowest BCUT2D eigenvalue weighted by atomic mass is 10.0. The van der Waals surface area contributed by atoms with E-state index in [0.29, 0.717) is 11.3 Å². The van der Waals surface area contributed by atoms with Crippen LogP contribution in [0.15, 0.2) is 23.8 Å². The van der Waals surface area contributed by atoms with Crippen molar-refractivity contribution in [3.8, 4) is 0 Å². The van der Waals surface area contributed by atoms with Crippen molar-refractivity contribution in [2.75, 3.05) is 5.73 Å². The molecule has 3 nitrogen and oxygen atoms in total. The summed E-state index contributed by atoms with van der Waals surface area (Å²) < 4.78 is 0. The molecule has 0 radical (unpaired) electrons. The molecule has 0 amide bonds. The van der Waals surface area contributed by atoms with E-state index in [1.54, 1.807) is 19.1 Å². The Morgan fingerprint density at radius 3 is 2.71 bits per heavy atom. The summed E-state index contributed by atoms with van der Waals surface area (Å²) in [6, 6.07) is 5.45. The fourth-order valence-electron chi connectivity index (χ4n) is 1.12. The number of anilines is 1. The smallest absolute Gasteiger partial charge is 0.331 e. The third-order valence-electron chi connectivity index (χ3n) is 2.13. The van der Waals surface area contributed by atoms with Gasteiger partial charge in [-0.1, -0.05) is 12.1 Å². The molecule has 0 spiro atoms. The molecule has 1 rings (SSSR count). The first-order valence-corrected chi connectivity index (χ1v) is 4.29. The van der Waals surface area contributed by atoms with E-state index < -0.39 is 5.97 Å². The Kier molecular flexibility index (Phi) is 2.92. The molecule has 0 heterocycles. The first-order valence-electron chi connectivity index (χ1n) is 4.29. The van der Waals surface area contributed by atoms with Crippen molar-refractivity contribution in [2.24, 2.45) is 0 Å². The van der Waals surface area contributed by atoms with Crippen LogP contribution in [0.4, 0.5) is 5.69 Å². The van der Waals surface area contributed by atoms with Gasteiger partial charge in [0.15, 0.2) is 0 Å². The maximum Gasteiger partial charge on any atom is 0.331 e. The standard InChI is InChI=1S/C11H13NO2/c1-7(11(13)14)6-9-4-3-5-10(12)8(9)2/h3-6H,12H2,1-2H3,(H,13,14)/b7-6+. The molecule has 0 bridgehead atoms. The third kappa shape index (κ3) is 2.13. The van der Waals surface area contributed by atoms with Crippen molar-refractivity contribution >= 4 is 17.7 Å². The van der Waals surface area contributed by atoms with Crippen LogP contribution in [0.2, 0.25) is 0 Å². The molecule has 0 saturated heterocycles. The van der Waals surface area contributed by atoms with Gasteiger partial charge >= 0.3 is 5.97 Å². The number of carboxylic acids is 1. The molecule has 0 unspecified atom stereocenters. The minimum atomic E-state index is -0.910. The Balaban J connectivity index is 3.15. The summed E-state index contributed by atoms with van der Waals surface area (Å²) in [4.78, 5) is 10.6. The molecule has 14 heavy (non-hydrogen) atoms. The monoisotopic (exact) mass is 191 g/mol. The van der Waals surface area contributed by atoms with E-state index in [1.165, 1.54) is 0 Å². The van der Waals surface area contributed by atoms with Gasteiger partial charge in [0, 0.05) is 11.3 Å². The van der Waals surface area contributed by atoms with Gasteiger partial charge in [-0.25, -0.2) is 4.79 Å². The zero-order chi connectivity index (χ0) is 10.7. The van der Waals surface area contributed by atoms with Crippen molar-refractivity contribution in [1.82, 2.24) is 0 Å². The molecular weight excluding hydrogens is 178 g/mol. The highest BCUT2D eigenvalue weighted by Crippen LogP contribution is 2.18. The Hall–Kier alpha value is -1.77. The highest BCUT2D eigenvalue weighted by molar-refractivity contribution is 5.91. The maximum atomic E-state index is 10.6. The molecule has 0 aliphatic rings.